The zero-order valence-electron chi connectivity index (χ0n) is 17.5. The minimum absolute atomic E-state index is 0. The largest absolute Gasteiger partial charge is 0.475 e. The number of alkyl halides is 4. The summed E-state index contributed by atoms with van der Waals surface area (Å²) in [6, 6.07) is 5.09. The van der Waals surface area contributed by atoms with Crippen LogP contribution in [0.15, 0.2) is 30.3 Å². The molecule has 2 N–H and O–H groups in total. The topological polar surface area (TPSA) is 72.5 Å². The van der Waals surface area contributed by atoms with Crippen molar-refractivity contribution in [3.63, 3.8) is 0 Å². The van der Waals surface area contributed by atoms with E-state index < -0.39 is 35.8 Å². The Hall–Kier alpha value is -2.50. The van der Waals surface area contributed by atoms with E-state index in [0.717, 1.165) is 18.2 Å². The van der Waals surface area contributed by atoms with Gasteiger partial charge in [0.1, 0.15) is 24.3 Å². The van der Waals surface area contributed by atoms with Crippen LogP contribution in [0.5, 0.6) is 5.88 Å². The summed E-state index contributed by atoms with van der Waals surface area (Å²) in [5.41, 5.74) is -0.400. The summed E-state index contributed by atoms with van der Waals surface area (Å²) in [6.07, 6.45) is -5.72. The standard InChI is InChI=1S/C21H22F5N3O3.ClH/c1-31-4-5-32-20-16(2-3-18(29-20)21(24,25)26)13-6-12(7-14(22)8-13)10-28-19(30)17-9-15(23)11-27-17;/h2-3,6-8,15,17,27H,4-5,9-11H2,1H3,(H,28,30);1H/t15-,17-;/m1./s1. The molecule has 2 heterocycles. The monoisotopic (exact) mass is 495 g/mol. The maximum Gasteiger partial charge on any atom is 0.433 e. The van der Waals surface area contributed by atoms with Crippen molar-refractivity contribution in [2.75, 3.05) is 26.9 Å². The highest BCUT2D eigenvalue weighted by Gasteiger charge is 2.33. The third kappa shape index (κ3) is 7.24. The molecule has 0 unspecified atom stereocenters. The molecule has 0 bridgehead atoms. The summed E-state index contributed by atoms with van der Waals surface area (Å²) in [7, 11) is 1.41. The van der Waals surface area contributed by atoms with Crippen LogP contribution in [-0.4, -0.2) is 50.0 Å². The molecule has 182 valence electrons. The van der Waals surface area contributed by atoms with Gasteiger partial charge in [0.2, 0.25) is 11.8 Å². The number of hydrogen-bond acceptors (Lipinski definition) is 5. The molecule has 1 aliphatic heterocycles. The third-order valence-corrected chi connectivity index (χ3v) is 4.81. The Labute approximate surface area is 193 Å². The molecule has 1 aromatic carbocycles. The van der Waals surface area contributed by atoms with Crippen molar-refractivity contribution >= 4 is 18.3 Å². The van der Waals surface area contributed by atoms with Crippen molar-refractivity contribution in [1.82, 2.24) is 15.6 Å². The number of pyridine rings is 1. The predicted molar refractivity (Wildman–Crippen MR) is 112 cm³/mol. The van der Waals surface area contributed by atoms with E-state index in [2.05, 4.69) is 15.6 Å². The van der Waals surface area contributed by atoms with E-state index in [1.807, 2.05) is 0 Å². The van der Waals surface area contributed by atoms with Crippen molar-refractivity contribution in [3.05, 3.63) is 47.4 Å². The Kier molecular flexibility index (Phi) is 9.38. The molecule has 1 aromatic heterocycles. The lowest BCUT2D eigenvalue weighted by atomic mass is 10.0. The summed E-state index contributed by atoms with van der Waals surface area (Å²) in [4.78, 5) is 15.7. The van der Waals surface area contributed by atoms with Gasteiger partial charge in [0.25, 0.3) is 0 Å². The van der Waals surface area contributed by atoms with Crippen LogP contribution in [0, 0.1) is 5.82 Å². The van der Waals surface area contributed by atoms with E-state index in [9.17, 15) is 26.7 Å². The molecule has 1 saturated heterocycles. The zero-order chi connectivity index (χ0) is 23.3. The molecule has 2 atom stereocenters. The summed E-state index contributed by atoms with van der Waals surface area (Å²) in [6.45, 7) is 0.106. The maximum absolute atomic E-state index is 14.3. The molecule has 3 rings (SSSR count). The van der Waals surface area contributed by atoms with E-state index in [1.165, 1.54) is 19.2 Å². The van der Waals surface area contributed by atoms with Gasteiger partial charge in [-0.3, -0.25) is 4.79 Å². The number of carbonyl (C=O) groups is 1. The van der Waals surface area contributed by atoms with Gasteiger partial charge in [-0.15, -0.1) is 12.4 Å². The molecule has 2 aromatic rings. The van der Waals surface area contributed by atoms with Gasteiger partial charge in [0.05, 0.1) is 12.6 Å². The molecule has 6 nitrogen and oxygen atoms in total. The van der Waals surface area contributed by atoms with Gasteiger partial charge in [-0.25, -0.2) is 13.8 Å². The minimum atomic E-state index is -4.68. The fourth-order valence-corrected chi connectivity index (χ4v) is 3.26. The van der Waals surface area contributed by atoms with Crippen LogP contribution in [-0.2, 0) is 22.3 Å². The second-order valence-corrected chi connectivity index (χ2v) is 7.25. The van der Waals surface area contributed by atoms with Gasteiger partial charge >= 0.3 is 6.18 Å². The fraction of sp³-hybridized carbons (Fsp3) is 0.429. The van der Waals surface area contributed by atoms with E-state index in [0.29, 0.717) is 5.56 Å². The number of benzene rings is 1. The van der Waals surface area contributed by atoms with E-state index in [1.54, 1.807) is 0 Å². The van der Waals surface area contributed by atoms with Gasteiger partial charge in [-0.2, -0.15) is 13.2 Å². The third-order valence-electron chi connectivity index (χ3n) is 4.81. The Morgan fingerprint density at radius 3 is 2.64 bits per heavy atom. The van der Waals surface area contributed by atoms with Crippen LogP contribution in [0.25, 0.3) is 11.1 Å². The molecule has 0 radical (unpaired) electrons. The number of aromatic nitrogens is 1. The number of nitrogens with zero attached hydrogens (tertiary/aromatic N) is 1. The molecule has 0 aliphatic carbocycles. The maximum atomic E-state index is 14.3. The molecular weight excluding hydrogens is 473 g/mol. The number of methoxy groups -OCH3 is 1. The summed E-state index contributed by atoms with van der Waals surface area (Å²) >= 11 is 0. The highest BCUT2D eigenvalue weighted by atomic mass is 35.5. The van der Waals surface area contributed by atoms with Crippen LogP contribution in [0.1, 0.15) is 17.7 Å². The highest BCUT2D eigenvalue weighted by Crippen LogP contribution is 2.35. The first-order valence-corrected chi connectivity index (χ1v) is 9.82. The number of ether oxygens (including phenoxy) is 2. The van der Waals surface area contributed by atoms with E-state index in [4.69, 9.17) is 9.47 Å². The Morgan fingerprint density at radius 2 is 2.00 bits per heavy atom. The normalized spacial score (nSPS) is 18.0. The predicted octanol–water partition coefficient (Wildman–Crippen LogP) is 3.67. The number of amides is 1. The molecule has 12 heteroatoms. The second-order valence-electron chi connectivity index (χ2n) is 7.25. The first kappa shape index (κ1) is 26.7. The number of rotatable bonds is 8. The first-order valence-electron chi connectivity index (χ1n) is 9.82. The number of halogens is 6. The first-order chi connectivity index (χ1) is 15.2. The van der Waals surface area contributed by atoms with Gasteiger partial charge < -0.3 is 20.1 Å². The Bertz CT molecular complexity index is 961. The van der Waals surface area contributed by atoms with E-state index in [-0.39, 0.29) is 62.1 Å². The smallest absolute Gasteiger partial charge is 0.433 e. The fourth-order valence-electron chi connectivity index (χ4n) is 3.26. The Morgan fingerprint density at radius 1 is 1.24 bits per heavy atom. The van der Waals surface area contributed by atoms with Gasteiger partial charge in [-0.1, -0.05) is 0 Å². The lowest BCUT2D eigenvalue weighted by Crippen LogP contribution is -2.40. The van der Waals surface area contributed by atoms with Crippen molar-refractivity contribution in [2.45, 2.75) is 31.4 Å². The molecule has 1 amide bonds. The van der Waals surface area contributed by atoms with Gasteiger partial charge in [-0.05, 0) is 41.5 Å². The average Bonchev–Trinajstić information content (AvgIpc) is 3.17. The second kappa shape index (κ2) is 11.6. The molecule has 0 saturated carbocycles. The van der Waals surface area contributed by atoms with Crippen LogP contribution >= 0.6 is 12.4 Å². The summed E-state index contributed by atoms with van der Waals surface area (Å²) in [5.74, 6) is -1.39. The van der Waals surface area contributed by atoms with Crippen molar-refractivity contribution in [1.29, 1.82) is 0 Å². The van der Waals surface area contributed by atoms with Crippen LogP contribution < -0.4 is 15.4 Å². The molecule has 1 fully saturated rings. The lowest BCUT2D eigenvalue weighted by Gasteiger charge is -2.15. The number of nitrogens with one attached hydrogen (secondary N) is 2. The Balaban J connectivity index is 0.00000385. The molecular formula is C21H23ClF5N3O3. The lowest BCUT2D eigenvalue weighted by molar-refractivity contribution is -0.141. The highest BCUT2D eigenvalue weighted by molar-refractivity contribution is 5.85. The van der Waals surface area contributed by atoms with Crippen LogP contribution in [0.3, 0.4) is 0 Å². The average molecular weight is 496 g/mol. The molecule has 1 aliphatic rings. The summed E-state index contributed by atoms with van der Waals surface area (Å²) < 4.78 is 76.9. The van der Waals surface area contributed by atoms with Crippen LogP contribution in [0.4, 0.5) is 22.0 Å². The van der Waals surface area contributed by atoms with Crippen molar-refractivity contribution in [3.8, 4) is 17.0 Å². The van der Waals surface area contributed by atoms with Gasteiger partial charge in [0, 0.05) is 32.2 Å². The number of hydrogen-bond donors (Lipinski definition) is 2. The van der Waals surface area contributed by atoms with Crippen molar-refractivity contribution < 1.29 is 36.2 Å². The minimum Gasteiger partial charge on any atom is -0.475 e. The quantitative estimate of drug-likeness (QED) is 0.432. The van der Waals surface area contributed by atoms with E-state index >= 15 is 0 Å². The summed E-state index contributed by atoms with van der Waals surface area (Å²) in [5, 5.41) is 5.36. The zero-order valence-corrected chi connectivity index (χ0v) is 18.4. The SMILES string of the molecule is COCCOc1nc(C(F)(F)F)ccc1-c1cc(F)cc(CNC(=O)[C@H]2C[C@@H](F)CN2)c1.Cl. The molecule has 33 heavy (non-hydrogen) atoms. The number of carbonyl (C=O) groups excluding carboxylic acids is 1. The molecule has 0 spiro atoms. The van der Waals surface area contributed by atoms with Crippen LogP contribution in [0.2, 0.25) is 0 Å². The van der Waals surface area contributed by atoms with Gasteiger partial charge in [0.15, 0.2) is 0 Å². The van der Waals surface area contributed by atoms with Crippen molar-refractivity contribution in [2.24, 2.45) is 0 Å².